The number of rotatable bonds is 4. The largest absolute Gasteiger partial charge is 0.490 e. The molecule has 114 valence electrons. The van der Waals surface area contributed by atoms with Gasteiger partial charge >= 0.3 is 0 Å². The second-order valence-electron chi connectivity index (χ2n) is 5.37. The first-order chi connectivity index (χ1) is 10.7. The Balaban J connectivity index is 1.60. The summed E-state index contributed by atoms with van der Waals surface area (Å²) in [4.78, 5) is 16.0. The third-order valence-corrected chi connectivity index (χ3v) is 3.93. The van der Waals surface area contributed by atoms with Gasteiger partial charge in [0.1, 0.15) is 10.9 Å². The Bertz CT molecular complexity index is 635. The monoisotopic (exact) mass is 316 g/mol. The van der Waals surface area contributed by atoms with Crippen LogP contribution in [0.5, 0.6) is 5.75 Å². The number of halogens is 1. The lowest BCUT2D eigenvalue weighted by Crippen LogP contribution is -2.13. The highest BCUT2D eigenvalue weighted by Crippen LogP contribution is 2.25. The van der Waals surface area contributed by atoms with E-state index in [0.29, 0.717) is 16.8 Å². The van der Waals surface area contributed by atoms with Crippen molar-refractivity contribution in [1.29, 1.82) is 0 Å². The molecule has 1 amide bonds. The Labute approximate surface area is 134 Å². The Morgan fingerprint density at radius 3 is 2.50 bits per heavy atom. The maximum Gasteiger partial charge on any atom is 0.257 e. The van der Waals surface area contributed by atoms with Crippen molar-refractivity contribution in [2.45, 2.75) is 31.8 Å². The van der Waals surface area contributed by atoms with Gasteiger partial charge in [0.2, 0.25) is 0 Å². The lowest BCUT2D eigenvalue weighted by molar-refractivity contribution is 0.102. The molecular formula is C17H17ClN2O2. The molecule has 0 atom stereocenters. The third kappa shape index (κ3) is 3.77. The molecule has 1 saturated carbocycles. The normalized spacial score (nSPS) is 14.8. The minimum absolute atomic E-state index is 0.214. The fourth-order valence-electron chi connectivity index (χ4n) is 2.53. The number of carbonyl (C=O) groups is 1. The predicted octanol–water partition coefficient (Wildman–Crippen LogP) is 4.31. The molecule has 0 radical (unpaired) electrons. The van der Waals surface area contributed by atoms with Crippen LogP contribution in [0, 0.1) is 0 Å². The molecule has 0 aliphatic heterocycles. The number of nitrogens with one attached hydrogen (secondary N) is 1. The molecular weight excluding hydrogens is 300 g/mol. The molecule has 0 unspecified atom stereocenters. The summed E-state index contributed by atoms with van der Waals surface area (Å²) >= 11 is 5.71. The zero-order valence-corrected chi connectivity index (χ0v) is 12.8. The molecule has 1 N–H and O–H groups in total. The molecule has 0 spiro atoms. The quantitative estimate of drug-likeness (QED) is 0.855. The summed E-state index contributed by atoms with van der Waals surface area (Å²) in [6, 6.07) is 10.7. The standard InChI is InChI=1S/C17H17ClN2O2/c18-16-10-5-12(11-19-16)17(21)20-13-6-8-15(9-7-13)22-14-3-1-2-4-14/h5-11,14H,1-4H2,(H,20,21). The van der Waals surface area contributed by atoms with Gasteiger partial charge in [-0.05, 0) is 62.1 Å². The smallest absolute Gasteiger partial charge is 0.257 e. The average molecular weight is 317 g/mol. The number of benzene rings is 1. The molecule has 1 aromatic heterocycles. The van der Waals surface area contributed by atoms with Crippen molar-refractivity contribution < 1.29 is 9.53 Å². The van der Waals surface area contributed by atoms with Gasteiger partial charge in [-0.1, -0.05) is 11.6 Å². The molecule has 1 aliphatic rings. The summed E-state index contributed by atoms with van der Waals surface area (Å²) in [5, 5.41) is 3.19. The molecule has 1 aliphatic carbocycles. The Morgan fingerprint density at radius 1 is 1.14 bits per heavy atom. The highest BCUT2D eigenvalue weighted by Gasteiger charge is 2.16. The molecule has 5 heteroatoms. The van der Waals surface area contributed by atoms with E-state index in [1.54, 1.807) is 12.1 Å². The highest BCUT2D eigenvalue weighted by molar-refractivity contribution is 6.29. The number of aromatic nitrogens is 1. The summed E-state index contributed by atoms with van der Waals surface area (Å²) in [6.07, 6.45) is 6.53. The van der Waals surface area contributed by atoms with E-state index in [1.807, 2.05) is 24.3 Å². The van der Waals surface area contributed by atoms with E-state index in [9.17, 15) is 4.79 Å². The zero-order chi connectivity index (χ0) is 15.4. The Hall–Kier alpha value is -2.07. The van der Waals surface area contributed by atoms with Crippen LogP contribution in [-0.4, -0.2) is 17.0 Å². The van der Waals surface area contributed by atoms with E-state index in [1.165, 1.54) is 19.0 Å². The van der Waals surface area contributed by atoms with Crippen molar-refractivity contribution in [2.24, 2.45) is 0 Å². The number of pyridine rings is 1. The number of amides is 1. The second-order valence-corrected chi connectivity index (χ2v) is 5.76. The van der Waals surface area contributed by atoms with Gasteiger partial charge in [0.15, 0.2) is 0 Å². The van der Waals surface area contributed by atoms with Crippen LogP contribution in [-0.2, 0) is 0 Å². The summed E-state index contributed by atoms with van der Waals surface area (Å²) in [5.74, 6) is 0.631. The summed E-state index contributed by atoms with van der Waals surface area (Å²) < 4.78 is 5.90. The fraction of sp³-hybridized carbons (Fsp3) is 0.294. The van der Waals surface area contributed by atoms with Crippen molar-refractivity contribution in [3.05, 3.63) is 53.3 Å². The molecule has 22 heavy (non-hydrogen) atoms. The number of hydrogen-bond acceptors (Lipinski definition) is 3. The molecule has 0 bridgehead atoms. The van der Waals surface area contributed by atoms with E-state index in [-0.39, 0.29) is 5.91 Å². The molecule has 4 nitrogen and oxygen atoms in total. The lowest BCUT2D eigenvalue weighted by Gasteiger charge is -2.13. The maximum absolute atomic E-state index is 12.1. The fourth-order valence-corrected chi connectivity index (χ4v) is 2.64. The first-order valence-corrected chi connectivity index (χ1v) is 7.78. The SMILES string of the molecule is O=C(Nc1ccc(OC2CCCC2)cc1)c1ccc(Cl)nc1. The molecule has 1 fully saturated rings. The molecule has 1 heterocycles. The van der Waals surface area contributed by atoms with Gasteiger partial charge in [0.05, 0.1) is 11.7 Å². The number of anilines is 1. The van der Waals surface area contributed by atoms with E-state index in [4.69, 9.17) is 16.3 Å². The molecule has 1 aromatic carbocycles. The van der Waals surface area contributed by atoms with Gasteiger partial charge in [-0.3, -0.25) is 4.79 Å². The van der Waals surface area contributed by atoms with Crippen LogP contribution in [0.4, 0.5) is 5.69 Å². The number of ether oxygens (including phenoxy) is 1. The van der Waals surface area contributed by atoms with Gasteiger partial charge in [-0.25, -0.2) is 4.98 Å². The van der Waals surface area contributed by atoms with Crippen LogP contribution in [0.25, 0.3) is 0 Å². The number of hydrogen-bond donors (Lipinski definition) is 1. The minimum atomic E-state index is -0.214. The Kier molecular flexibility index (Phi) is 4.59. The van der Waals surface area contributed by atoms with Crippen LogP contribution in [0.3, 0.4) is 0 Å². The average Bonchev–Trinajstić information content (AvgIpc) is 3.03. The van der Waals surface area contributed by atoms with Crippen molar-refractivity contribution in [2.75, 3.05) is 5.32 Å². The van der Waals surface area contributed by atoms with Crippen LogP contribution in [0.1, 0.15) is 36.0 Å². The van der Waals surface area contributed by atoms with Crippen LogP contribution >= 0.6 is 11.6 Å². The van der Waals surface area contributed by atoms with E-state index < -0.39 is 0 Å². The van der Waals surface area contributed by atoms with Gasteiger partial charge in [-0.15, -0.1) is 0 Å². The highest BCUT2D eigenvalue weighted by atomic mass is 35.5. The minimum Gasteiger partial charge on any atom is -0.490 e. The molecule has 2 aromatic rings. The van der Waals surface area contributed by atoms with Crippen LogP contribution < -0.4 is 10.1 Å². The lowest BCUT2D eigenvalue weighted by atomic mass is 10.2. The van der Waals surface area contributed by atoms with E-state index in [0.717, 1.165) is 24.3 Å². The number of carbonyl (C=O) groups excluding carboxylic acids is 1. The van der Waals surface area contributed by atoms with Crippen molar-refractivity contribution in [3.8, 4) is 5.75 Å². The first kappa shape index (κ1) is 14.9. The predicted molar refractivity (Wildman–Crippen MR) is 86.5 cm³/mol. The summed E-state index contributed by atoms with van der Waals surface area (Å²) in [6.45, 7) is 0. The van der Waals surface area contributed by atoms with Crippen LogP contribution in [0.2, 0.25) is 5.15 Å². The molecule has 0 saturated heterocycles. The number of nitrogens with zero attached hydrogens (tertiary/aromatic N) is 1. The van der Waals surface area contributed by atoms with Gasteiger partial charge in [0, 0.05) is 11.9 Å². The summed E-state index contributed by atoms with van der Waals surface area (Å²) in [5.41, 5.74) is 1.19. The third-order valence-electron chi connectivity index (χ3n) is 3.71. The first-order valence-electron chi connectivity index (χ1n) is 7.40. The van der Waals surface area contributed by atoms with Gasteiger partial charge < -0.3 is 10.1 Å². The van der Waals surface area contributed by atoms with Gasteiger partial charge in [0.25, 0.3) is 5.91 Å². The van der Waals surface area contributed by atoms with E-state index in [2.05, 4.69) is 10.3 Å². The second kappa shape index (κ2) is 6.79. The van der Waals surface area contributed by atoms with Crippen molar-refractivity contribution >= 4 is 23.2 Å². The Morgan fingerprint density at radius 2 is 1.86 bits per heavy atom. The van der Waals surface area contributed by atoms with Crippen molar-refractivity contribution in [1.82, 2.24) is 4.98 Å². The summed E-state index contributed by atoms with van der Waals surface area (Å²) in [7, 11) is 0. The van der Waals surface area contributed by atoms with Crippen LogP contribution in [0.15, 0.2) is 42.6 Å². The molecule has 3 rings (SSSR count). The maximum atomic E-state index is 12.1. The topological polar surface area (TPSA) is 51.2 Å². The zero-order valence-electron chi connectivity index (χ0n) is 12.1. The van der Waals surface area contributed by atoms with E-state index >= 15 is 0 Å². The van der Waals surface area contributed by atoms with Gasteiger partial charge in [-0.2, -0.15) is 0 Å². The van der Waals surface area contributed by atoms with Crippen molar-refractivity contribution in [3.63, 3.8) is 0 Å².